The molecule has 0 spiro atoms. The summed E-state index contributed by atoms with van der Waals surface area (Å²) >= 11 is 0. The van der Waals surface area contributed by atoms with Crippen LogP contribution in [0.3, 0.4) is 0 Å². The Balaban J connectivity index is 1.78. The molecule has 4 rings (SSSR count). The molecule has 1 fully saturated rings. The highest BCUT2D eigenvalue weighted by Gasteiger charge is 2.35. The molecule has 9 heteroatoms. The fourth-order valence-corrected chi connectivity index (χ4v) is 4.63. The third-order valence-electron chi connectivity index (χ3n) is 4.87. The quantitative estimate of drug-likeness (QED) is 0.567. The van der Waals surface area contributed by atoms with Gasteiger partial charge in [-0.3, -0.25) is 9.52 Å². The van der Waals surface area contributed by atoms with Crippen LogP contribution < -0.4 is 19.6 Å². The van der Waals surface area contributed by atoms with E-state index in [4.69, 9.17) is 13.9 Å². The average molecular weight is 445 g/mol. The van der Waals surface area contributed by atoms with Gasteiger partial charge in [-0.2, -0.15) is 0 Å². The molecular formula is C22H23NO7S. The topological polar surface area (TPSA) is 115 Å². The lowest BCUT2D eigenvalue weighted by molar-refractivity contribution is 0.229. The minimum absolute atomic E-state index is 0.00554. The number of ether oxygens (including phenoxy) is 2. The maximum Gasteiger partial charge on any atom is 0.235 e. The van der Waals surface area contributed by atoms with Crippen molar-refractivity contribution in [3.05, 3.63) is 46.6 Å². The summed E-state index contributed by atoms with van der Waals surface area (Å²) in [7, 11) is -1.94. The van der Waals surface area contributed by atoms with E-state index in [0.717, 1.165) is 0 Å². The second-order valence-corrected chi connectivity index (χ2v) is 9.66. The summed E-state index contributed by atoms with van der Waals surface area (Å²) in [5, 5.41) is 9.99. The second-order valence-electron chi connectivity index (χ2n) is 7.70. The van der Waals surface area contributed by atoms with E-state index in [0.29, 0.717) is 24.1 Å². The number of sulfonamides is 1. The maximum atomic E-state index is 12.8. The van der Waals surface area contributed by atoms with E-state index in [1.165, 1.54) is 19.2 Å². The first-order valence-electron chi connectivity index (χ1n) is 9.86. The van der Waals surface area contributed by atoms with Gasteiger partial charge in [0, 0.05) is 23.4 Å². The number of hydrogen-bond acceptors (Lipinski definition) is 7. The molecule has 8 nitrogen and oxygen atoms in total. The van der Waals surface area contributed by atoms with E-state index < -0.39 is 15.5 Å². The van der Waals surface area contributed by atoms with Gasteiger partial charge in [-0.05, 0) is 51.0 Å². The Kier molecular flexibility index (Phi) is 5.30. The summed E-state index contributed by atoms with van der Waals surface area (Å²) in [5.74, 6) is 0.435. The molecule has 0 bridgehead atoms. The van der Waals surface area contributed by atoms with Gasteiger partial charge in [0.25, 0.3) is 0 Å². The highest BCUT2D eigenvalue weighted by atomic mass is 32.2. The van der Waals surface area contributed by atoms with E-state index in [1.54, 1.807) is 24.3 Å². The number of benzene rings is 2. The molecule has 1 aliphatic carbocycles. The summed E-state index contributed by atoms with van der Waals surface area (Å²) in [4.78, 5) is 12.8. The Hall–Kier alpha value is -3.20. The molecule has 2 aromatic carbocycles. The van der Waals surface area contributed by atoms with E-state index in [9.17, 15) is 18.3 Å². The summed E-state index contributed by atoms with van der Waals surface area (Å²) < 4.78 is 43.8. The van der Waals surface area contributed by atoms with E-state index in [2.05, 4.69) is 4.72 Å². The minimum atomic E-state index is -3.36. The van der Waals surface area contributed by atoms with Crippen molar-refractivity contribution in [2.24, 2.45) is 0 Å². The van der Waals surface area contributed by atoms with Crippen molar-refractivity contribution in [1.29, 1.82) is 0 Å². The molecular weight excluding hydrogens is 422 g/mol. The highest BCUT2D eigenvalue weighted by molar-refractivity contribution is 7.93. The number of nitrogens with one attached hydrogen (secondary N) is 1. The molecule has 2 N–H and O–H groups in total. The highest BCUT2D eigenvalue weighted by Crippen LogP contribution is 2.41. The van der Waals surface area contributed by atoms with Crippen LogP contribution in [-0.4, -0.2) is 32.0 Å². The SMILES string of the molecule is COc1cc(O)c2c(=O)cc(-c3ccc(NS(=O)(=O)C4CC4)cc3)oc2c1OC(C)C. The molecule has 0 amide bonds. The smallest absolute Gasteiger partial charge is 0.235 e. The van der Waals surface area contributed by atoms with Gasteiger partial charge in [0.1, 0.15) is 16.9 Å². The van der Waals surface area contributed by atoms with Crippen LogP contribution in [0.1, 0.15) is 26.7 Å². The van der Waals surface area contributed by atoms with Crippen LogP contribution in [0.5, 0.6) is 17.2 Å². The number of phenolic OH excluding ortho intramolecular Hbond substituents is 1. The van der Waals surface area contributed by atoms with E-state index in [1.807, 2.05) is 13.8 Å². The monoisotopic (exact) mass is 445 g/mol. The van der Waals surface area contributed by atoms with E-state index >= 15 is 0 Å². The normalized spacial score (nSPS) is 14.1. The predicted octanol–water partition coefficient (Wildman–Crippen LogP) is 3.87. The molecule has 0 saturated heterocycles. The van der Waals surface area contributed by atoms with Crippen LogP contribution in [0.15, 0.2) is 45.6 Å². The maximum absolute atomic E-state index is 12.8. The number of phenols is 1. The molecule has 1 saturated carbocycles. The summed E-state index contributed by atoms with van der Waals surface area (Å²) in [5.41, 5.74) is 0.628. The second kappa shape index (κ2) is 7.81. The number of anilines is 1. The first-order valence-corrected chi connectivity index (χ1v) is 11.4. The molecule has 1 heterocycles. The molecule has 0 unspecified atom stereocenters. The molecule has 1 aliphatic rings. The van der Waals surface area contributed by atoms with Gasteiger partial charge in [0.05, 0.1) is 18.5 Å². The standard InChI is InChI=1S/C22H23NO7S/c1-12(2)29-21-19(28-3)11-17(25)20-16(24)10-18(30-22(20)21)13-4-6-14(7-5-13)23-31(26,27)15-8-9-15/h4-7,10-12,15,23,25H,8-9H2,1-3H3. The van der Waals surface area contributed by atoms with Crippen LogP contribution in [0.2, 0.25) is 0 Å². The number of hydrogen-bond donors (Lipinski definition) is 2. The van der Waals surface area contributed by atoms with E-state index in [-0.39, 0.29) is 45.3 Å². The molecule has 0 atom stereocenters. The summed E-state index contributed by atoms with van der Waals surface area (Å²) in [6.45, 7) is 3.64. The first-order chi connectivity index (χ1) is 14.7. The fourth-order valence-electron chi connectivity index (χ4n) is 3.24. The summed E-state index contributed by atoms with van der Waals surface area (Å²) in [6.07, 6.45) is 1.12. The molecule has 3 aromatic rings. The average Bonchev–Trinajstić information content (AvgIpc) is 3.55. The first kappa shape index (κ1) is 21.0. The Morgan fingerprint density at radius 2 is 1.84 bits per heavy atom. The minimum Gasteiger partial charge on any atom is -0.507 e. The Labute approximate surface area is 179 Å². The lowest BCUT2D eigenvalue weighted by atomic mass is 10.1. The number of fused-ring (bicyclic) bond motifs is 1. The van der Waals surface area contributed by atoms with Gasteiger partial charge in [-0.25, -0.2) is 8.42 Å². The van der Waals surface area contributed by atoms with Crippen LogP contribution in [0, 0.1) is 0 Å². The van der Waals surface area contributed by atoms with Crippen molar-refractivity contribution in [3.63, 3.8) is 0 Å². The Morgan fingerprint density at radius 3 is 2.42 bits per heavy atom. The van der Waals surface area contributed by atoms with Gasteiger partial charge in [-0.15, -0.1) is 0 Å². The van der Waals surface area contributed by atoms with Crippen molar-refractivity contribution in [2.45, 2.75) is 38.0 Å². The van der Waals surface area contributed by atoms with Crippen molar-refractivity contribution < 1.29 is 27.4 Å². The number of rotatable bonds is 7. The summed E-state index contributed by atoms with van der Waals surface area (Å²) in [6, 6.07) is 9.10. The molecule has 0 aliphatic heterocycles. The van der Waals surface area contributed by atoms with Crippen LogP contribution in [0.25, 0.3) is 22.3 Å². The predicted molar refractivity (Wildman–Crippen MR) is 117 cm³/mol. The number of aromatic hydroxyl groups is 1. The fraction of sp³-hybridized carbons (Fsp3) is 0.318. The zero-order valence-corrected chi connectivity index (χ0v) is 18.2. The molecule has 0 radical (unpaired) electrons. The van der Waals surface area contributed by atoms with Crippen LogP contribution >= 0.6 is 0 Å². The van der Waals surface area contributed by atoms with Gasteiger partial charge >= 0.3 is 0 Å². The van der Waals surface area contributed by atoms with Gasteiger partial charge in [0.2, 0.25) is 15.8 Å². The Bertz CT molecular complexity index is 1290. The third kappa shape index (κ3) is 4.18. The molecule has 1 aromatic heterocycles. The van der Waals surface area contributed by atoms with Crippen molar-refractivity contribution in [3.8, 4) is 28.6 Å². The van der Waals surface area contributed by atoms with Gasteiger partial charge in [0.15, 0.2) is 16.8 Å². The van der Waals surface area contributed by atoms with Crippen molar-refractivity contribution >= 4 is 26.7 Å². The van der Waals surface area contributed by atoms with Gasteiger partial charge in [-0.1, -0.05) is 0 Å². The van der Waals surface area contributed by atoms with Gasteiger partial charge < -0.3 is 19.0 Å². The largest absolute Gasteiger partial charge is 0.507 e. The lowest BCUT2D eigenvalue weighted by Gasteiger charge is -2.16. The lowest BCUT2D eigenvalue weighted by Crippen LogP contribution is -2.17. The molecule has 31 heavy (non-hydrogen) atoms. The third-order valence-corrected chi connectivity index (χ3v) is 6.74. The van der Waals surface area contributed by atoms with Crippen LogP contribution in [0.4, 0.5) is 5.69 Å². The zero-order valence-electron chi connectivity index (χ0n) is 17.3. The zero-order chi connectivity index (χ0) is 22.3. The number of methoxy groups -OCH3 is 1. The Morgan fingerprint density at radius 1 is 1.16 bits per heavy atom. The molecule has 164 valence electrons. The van der Waals surface area contributed by atoms with Crippen molar-refractivity contribution in [1.82, 2.24) is 0 Å². The van der Waals surface area contributed by atoms with Crippen LogP contribution in [-0.2, 0) is 10.0 Å². The van der Waals surface area contributed by atoms with Crippen molar-refractivity contribution in [2.75, 3.05) is 11.8 Å².